The number of nitrogens with two attached hydrogens (primary N) is 2. The number of hydrogen-bond acceptors (Lipinski definition) is 7. The number of nitrogens with one attached hydrogen (secondary N) is 1. The zero-order valence-corrected chi connectivity index (χ0v) is 12.3. The van der Waals surface area contributed by atoms with E-state index in [1.807, 2.05) is 25.1 Å². The molecule has 1 aromatic carbocycles. The average Bonchev–Trinajstić information content (AvgIpc) is 2.45. The van der Waals surface area contributed by atoms with Crippen LogP contribution in [0.5, 0.6) is 11.5 Å². The number of rotatable bonds is 5. The highest BCUT2D eigenvalue weighted by atomic mass is 16.5. The highest BCUT2D eigenvalue weighted by molar-refractivity contribution is 5.51. The number of benzene rings is 1. The molecule has 0 aliphatic rings. The zero-order valence-electron chi connectivity index (χ0n) is 12.3. The first-order valence-electron chi connectivity index (χ1n) is 6.42. The normalized spacial score (nSPS) is 11.8. The summed E-state index contributed by atoms with van der Waals surface area (Å²) in [5, 5.41) is 3.22. The topological polar surface area (TPSA) is 108 Å². The SMILES string of the molecule is COc1ccc(C(C)Nc2cc(N)nc(N)n2)cc1OC. The molecule has 1 heterocycles. The van der Waals surface area contributed by atoms with Gasteiger partial charge in [-0.15, -0.1) is 0 Å². The Morgan fingerprint density at radius 3 is 2.38 bits per heavy atom. The number of hydrogen-bond donors (Lipinski definition) is 3. The molecule has 1 unspecified atom stereocenters. The molecule has 0 bridgehead atoms. The predicted molar refractivity (Wildman–Crippen MR) is 82.4 cm³/mol. The van der Waals surface area contributed by atoms with Gasteiger partial charge in [0.05, 0.1) is 20.3 Å². The molecule has 0 aliphatic heterocycles. The van der Waals surface area contributed by atoms with Gasteiger partial charge in [0, 0.05) is 6.07 Å². The van der Waals surface area contributed by atoms with Crippen LogP contribution in [0.1, 0.15) is 18.5 Å². The minimum absolute atomic E-state index is 0.0153. The summed E-state index contributed by atoms with van der Waals surface area (Å²) in [7, 11) is 3.21. The fourth-order valence-electron chi connectivity index (χ4n) is 1.99. The van der Waals surface area contributed by atoms with E-state index in [9.17, 15) is 0 Å². The Morgan fingerprint density at radius 1 is 1.05 bits per heavy atom. The van der Waals surface area contributed by atoms with Crippen molar-refractivity contribution in [3.63, 3.8) is 0 Å². The first-order valence-corrected chi connectivity index (χ1v) is 6.42. The molecule has 2 rings (SSSR count). The van der Waals surface area contributed by atoms with E-state index in [1.54, 1.807) is 20.3 Å². The Labute approximate surface area is 123 Å². The van der Waals surface area contributed by atoms with Crippen molar-refractivity contribution >= 4 is 17.6 Å². The Balaban J connectivity index is 2.21. The van der Waals surface area contributed by atoms with Crippen LogP contribution in [-0.4, -0.2) is 24.2 Å². The summed E-state index contributed by atoms with van der Waals surface area (Å²) in [6, 6.07) is 7.33. The first-order chi connectivity index (χ1) is 10.0. The molecule has 7 nitrogen and oxygen atoms in total. The van der Waals surface area contributed by atoms with Gasteiger partial charge in [0.15, 0.2) is 11.5 Å². The van der Waals surface area contributed by atoms with Crippen molar-refractivity contribution in [1.82, 2.24) is 9.97 Å². The molecule has 0 radical (unpaired) electrons. The second kappa shape index (κ2) is 6.17. The molecular weight excluding hydrogens is 270 g/mol. The fraction of sp³-hybridized carbons (Fsp3) is 0.286. The van der Waals surface area contributed by atoms with Crippen LogP contribution >= 0.6 is 0 Å². The lowest BCUT2D eigenvalue weighted by Crippen LogP contribution is -2.10. The summed E-state index contributed by atoms with van der Waals surface area (Å²) >= 11 is 0. The smallest absolute Gasteiger partial charge is 0.223 e. The van der Waals surface area contributed by atoms with E-state index in [0.29, 0.717) is 23.1 Å². The maximum Gasteiger partial charge on any atom is 0.223 e. The van der Waals surface area contributed by atoms with Gasteiger partial charge in [0.1, 0.15) is 11.6 Å². The summed E-state index contributed by atoms with van der Waals surface area (Å²) in [5.41, 5.74) is 12.2. The maximum absolute atomic E-state index is 5.65. The van der Waals surface area contributed by atoms with Gasteiger partial charge in [-0.3, -0.25) is 0 Å². The molecule has 0 aliphatic carbocycles. The molecular formula is C14H19N5O2. The van der Waals surface area contributed by atoms with Gasteiger partial charge in [-0.1, -0.05) is 6.07 Å². The quantitative estimate of drug-likeness (QED) is 0.770. The van der Waals surface area contributed by atoms with Gasteiger partial charge >= 0.3 is 0 Å². The van der Waals surface area contributed by atoms with E-state index in [0.717, 1.165) is 5.56 Å². The van der Waals surface area contributed by atoms with E-state index < -0.39 is 0 Å². The van der Waals surface area contributed by atoms with Crippen molar-refractivity contribution in [3.8, 4) is 11.5 Å². The van der Waals surface area contributed by atoms with Gasteiger partial charge in [-0.05, 0) is 24.6 Å². The van der Waals surface area contributed by atoms with Crippen LogP contribution in [0, 0.1) is 0 Å². The molecule has 5 N–H and O–H groups in total. The van der Waals surface area contributed by atoms with Crippen LogP contribution in [0.15, 0.2) is 24.3 Å². The molecule has 1 aromatic heterocycles. The Kier molecular flexibility index (Phi) is 4.32. The third kappa shape index (κ3) is 3.44. The highest BCUT2D eigenvalue weighted by Gasteiger charge is 2.11. The summed E-state index contributed by atoms with van der Waals surface area (Å²) in [6.07, 6.45) is 0. The van der Waals surface area contributed by atoms with Crippen LogP contribution in [0.3, 0.4) is 0 Å². The van der Waals surface area contributed by atoms with Crippen molar-refractivity contribution in [2.45, 2.75) is 13.0 Å². The maximum atomic E-state index is 5.65. The number of anilines is 3. The summed E-state index contributed by atoms with van der Waals surface area (Å²) in [4.78, 5) is 7.93. The van der Waals surface area contributed by atoms with Crippen LogP contribution < -0.4 is 26.3 Å². The number of nitrogens with zero attached hydrogens (tertiary/aromatic N) is 2. The molecule has 112 valence electrons. The Morgan fingerprint density at radius 2 is 1.76 bits per heavy atom. The molecule has 7 heteroatoms. The van der Waals surface area contributed by atoms with E-state index >= 15 is 0 Å². The zero-order chi connectivity index (χ0) is 15.4. The average molecular weight is 289 g/mol. The van der Waals surface area contributed by atoms with Crippen molar-refractivity contribution in [2.75, 3.05) is 31.0 Å². The molecule has 2 aromatic rings. The largest absolute Gasteiger partial charge is 0.493 e. The monoisotopic (exact) mass is 289 g/mol. The minimum Gasteiger partial charge on any atom is -0.493 e. The molecule has 0 amide bonds. The molecule has 0 saturated carbocycles. The number of ether oxygens (including phenoxy) is 2. The predicted octanol–water partition coefficient (Wildman–Crippen LogP) is 1.83. The van der Waals surface area contributed by atoms with Crippen LogP contribution in [0.4, 0.5) is 17.6 Å². The highest BCUT2D eigenvalue weighted by Crippen LogP contribution is 2.30. The van der Waals surface area contributed by atoms with Gasteiger partial charge in [0.2, 0.25) is 5.95 Å². The van der Waals surface area contributed by atoms with E-state index in [2.05, 4.69) is 15.3 Å². The molecule has 21 heavy (non-hydrogen) atoms. The van der Waals surface area contributed by atoms with E-state index in [-0.39, 0.29) is 12.0 Å². The lowest BCUT2D eigenvalue weighted by molar-refractivity contribution is 0.354. The number of nitrogen functional groups attached to an aromatic ring is 2. The van der Waals surface area contributed by atoms with Crippen LogP contribution in [0.2, 0.25) is 0 Å². The summed E-state index contributed by atoms with van der Waals surface area (Å²) < 4.78 is 10.5. The lowest BCUT2D eigenvalue weighted by atomic mass is 10.1. The van der Waals surface area contributed by atoms with Crippen molar-refractivity contribution < 1.29 is 9.47 Å². The van der Waals surface area contributed by atoms with Gasteiger partial charge in [-0.2, -0.15) is 9.97 Å². The fourth-order valence-corrected chi connectivity index (χ4v) is 1.99. The summed E-state index contributed by atoms with van der Waals surface area (Å²) in [5.74, 6) is 2.39. The molecule has 0 fully saturated rings. The number of aromatic nitrogens is 2. The van der Waals surface area contributed by atoms with Crippen molar-refractivity contribution in [1.29, 1.82) is 0 Å². The van der Waals surface area contributed by atoms with Crippen molar-refractivity contribution in [2.24, 2.45) is 0 Å². The van der Waals surface area contributed by atoms with E-state index in [4.69, 9.17) is 20.9 Å². The molecule has 0 spiro atoms. The van der Waals surface area contributed by atoms with Gasteiger partial charge in [-0.25, -0.2) is 0 Å². The standard InChI is InChI=1S/C14H19N5O2/c1-8(17-13-7-12(15)18-14(16)19-13)9-4-5-10(20-2)11(6-9)21-3/h4-8H,1-3H3,(H5,15,16,17,18,19). The first kappa shape index (κ1) is 14.7. The van der Waals surface area contributed by atoms with Crippen molar-refractivity contribution in [3.05, 3.63) is 29.8 Å². The van der Waals surface area contributed by atoms with E-state index in [1.165, 1.54) is 0 Å². The second-order valence-electron chi connectivity index (χ2n) is 4.52. The third-order valence-electron chi connectivity index (χ3n) is 3.04. The third-order valence-corrected chi connectivity index (χ3v) is 3.04. The Hall–Kier alpha value is -2.70. The lowest BCUT2D eigenvalue weighted by Gasteiger charge is -2.17. The second-order valence-corrected chi connectivity index (χ2v) is 4.52. The molecule has 0 saturated heterocycles. The molecule has 1 atom stereocenters. The Bertz CT molecular complexity index is 613. The van der Waals surface area contributed by atoms with Crippen LogP contribution in [-0.2, 0) is 0 Å². The summed E-state index contributed by atoms with van der Waals surface area (Å²) in [6.45, 7) is 2.00. The van der Waals surface area contributed by atoms with Crippen LogP contribution in [0.25, 0.3) is 0 Å². The minimum atomic E-state index is -0.0153. The van der Waals surface area contributed by atoms with Gasteiger partial charge in [0.25, 0.3) is 0 Å². The number of methoxy groups -OCH3 is 2. The van der Waals surface area contributed by atoms with Gasteiger partial charge < -0.3 is 26.3 Å².